The molecule has 0 fully saturated rings. The van der Waals surface area contributed by atoms with E-state index >= 15 is 0 Å². The highest BCUT2D eigenvalue weighted by Crippen LogP contribution is 2.19. The molecule has 0 saturated carbocycles. The van der Waals surface area contributed by atoms with Crippen molar-refractivity contribution in [3.05, 3.63) is 32.4 Å². The maximum absolute atomic E-state index is 6.05. The number of hydrogen-bond acceptors (Lipinski definition) is 3. The second-order valence-corrected chi connectivity index (χ2v) is 5.24. The molecule has 0 radical (unpaired) electrons. The third-order valence-electron chi connectivity index (χ3n) is 2.27. The van der Waals surface area contributed by atoms with E-state index in [1.54, 1.807) is 7.11 Å². The van der Waals surface area contributed by atoms with Gasteiger partial charge in [-0.15, -0.1) is 0 Å². The third-order valence-corrected chi connectivity index (χ3v) is 3.85. The van der Waals surface area contributed by atoms with Crippen molar-refractivity contribution >= 4 is 34.2 Å². The van der Waals surface area contributed by atoms with Crippen LogP contribution >= 0.6 is 34.2 Å². The molecule has 1 rings (SSSR count). The molecule has 0 aliphatic rings. The van der Waals surface area contributed by atoms with Crippen molar-refractivity contribution in [3.8, 4) is 0 Å². The summed E-state index contributed by atoms with van der Waals surface area (Å²) in [7, 11) is 1.71. The van der Waals surface area contributed by atoms with Crippen molar-refractivity contribution in [3.63, 3.8) is 0 Å². The van der Waals surface area contributed by atoms with Gasteiger partial charge in [0.2, 0.25) is 0 Å². The van der Waals surface area contributed by atoms with Gasteiger partial charge in [0.15, 0.2) is 0 Å². The van der Waals surface area contributed by atoms with Crippen molar-refractivity contribution < 1.29 is 4.74 Å². The van der Waals surface area contributed by atoms with E-state index in [9.17, 15) is 0 Å². The lowest BCUT2D eigenvalue weighted by molar-refractivity contribution is 0.199. The minimum Gasteiger partial charge on any atom is -0.383 e. The van der Waals surface area contributed by atoms with Crippen molar-refractivity contribution in [2.24, 2.45) is 0 Å². The molecule has 1 aromatic rings. The predicted molar refractivity (Wildman–Crippen MR) is 80.6 cm³/mol. The van der Waals surface area contributed by atoms with Gasteiger partial charge in [-0.2, -0.15) is 0 Å². The van der Waals surface area contributed by atoms with E-state index in [4.69, 9.17) is 16.3 Å². The Morgan fingerprint density at radius 1 is 1.24 bits per heavy atom. The summed E-state index contributed by atoms with van der Waals surface area (Å²) in [6.07, 6.45) is 0. The lowest BCUT2D eigenvalue weighted by Crippen LogP contribution is -2.29. The topological polar surface area (TPSA) is 33.3 Å². The molecule has 1 aromatic carbocycles. The monoisotopic (exact) mass is 368 g/mol. The maximum atomic E-state index is 6.05. The molecule has 0 spiro atoms. The molecule has 0 aromatic heterocycles. The Morgan fingerprint density at radius 2 is 2.00 bits per heavy atom. The van der Waals surface area contributed by atoms with Gasteiger partial charge in [0, 0.05) is 36.9 Å². The number of benzene rings is 1. The highest BCUT2D eigenvalue weighted by atomic mass is 127. The molecular formula is C12H18ClIN2O. The summed E-state index contributed by atoms with van der Waals surface area (Å²) >= 11 is 8.28. The largest absolute Gasteiger partial charge is 0.383 e. The van der Waals surface area contributed by atoms with Crippen molar-refractivity contribution in [1.82, 2.24) is 10.6 Å². The van der Waals surface area contributed by atoms with Gasteiger partial charge in [-0.05, 0) is 40.3 Å². The van der Waals surface area contributed by atoms with Crippen molar-refractivity contribution in [1.29, 1.82) is 0 Å². The molecule has 0 amide bonds. The van der Waals surface area contributed by atoms with Gasteiger partial charge < -0.3 is 15.4 Å². The predicted octanol–water partition coefficient (Wildman–Crippen LogP) is 2.27. The van der Waals surface area contributed by atoms with Crippen LogP contribution in [-0.4, -0.2) is 33.4 Å². The Labute approximate surface area is 121 Å². The van der Waals surface area contributed by atoms with Crippen LogP contribution in [0.3, 0.4) is 0 Å². The van der Waals surface area contributed by atoms with E-state index < -0.39 is 0 Å². The van der Waals surface area contributed by atoms with Crippen LogP contribution in [0, 0.1) is 3.57 Å². The molecule has 17 heavy (non-hydrogen) atoms. The molecule has 0 aliphatic carbocycles. The van der Waals surface area contributed by atoms with Crippen LogP contribution in [0.2, 0.25) is 5.02 Å². The van der Waals surface area contributed by atoms with Crippen molar-refractivity contribution in [2.75, 3.05) is 33.4 Å². The number of ether oxygens (including phenoxy) is 1. The summed E-state index contributed by atoms with van der Waals surface area (Å²) < 4.78 is 6.04. The molecular weight excluding hydrogens is 351 g/mol. The fraction of sp³-hybridized carbons (Fsp3) is 0.500. The van der Waals surface area contributed by atoms with Crippen LogP contribution in [0.1, 0.15) is 5.56 Å². The van der Waals surface area contributed by atoms with Gasteiger partial charge in [0.1, 0.15) is 0 Å². The second-order valence-electron chi connectivity index (χ2n) is 3.67. The summed E-state index contributed by atoms with van der Waals surface area (Å²) in [5.41, 5.74) is 1.22. The number of rotatable bonds is 8. The Kier molecular flexibility index (Phi) is 8.13. The highest BCUT2D eigenvalue weighted by molar-refractivity contribution is 14.1. The summed E-state index contributed by atoms with van der Waals surface area (Å²) in [4.78, 5) is 0. The molecule has 5 heteroatoms. The Balaban J connectivity index is 2.11. The van der Waals surface area contributed by atoms with Gasteiger partial charge in [-0.25, -0.2) is 0 Å². The molecule has 3 nitrogen and oxygen atoms in total. The molecule has 0 aliphatic heterocycles. The summed E-state index contributed by atoms with van der Waals surface area (Å²) in [5.74, 6) is 0. The van der Waals surface area contributed by atoms with Gasteiger partial charge in [0.05, 0.1) is 11.6 Å². The first-order chi connectivity index (χ1) is 8.24. The van der Waals surface area contributed by atoms with Crippen molar-refractivity contribution in [2.45, 2.75) is 6.54 Å². The molecule has 96 valence electrons. The minimum atomic E-state index is 0.757. The molecule has 0 unspecified atom stereocenters. The van der Waals surface area contributed by atoms with E-state index in [0.717, 1.165) is 41.4 Å². The molecule has 0 saturated heterocycles. The average molecular weight is 369 g/mol. The smallest absolute Gasteiger partial charge is 0.0587 e. The standard InChI is InChI=1S/C12H18ClIN2O/c1-17-7-6-15-4-5-16-9-10-2-3-12(14)11(13)8-10/h2-3,8,15-16H,4-7,9H2,1H3. The Morgan fingerprint density at radius 3 is 2.71 bits per heavy atom. The van der Waals surface area contributed by atoms with Gasteiger partial charge >= 0.3 is 0 Å². The first-order valence-electron chi connectivity index (χ1n) is 5.58. The summed E-state index contributed by atoms with van der Waals surface area (Å²) in [5, 5.41) is 7.46. The van der Waals surface area contributed by atoms with Crippen LogP contribution in [0.4, 0.5) is 0 Å². The number of hydrogen-bond donors (Lipinski definition) is 2. The third kappa shape index (κ3) is 6.57. The van der Waals surface area contributed by atoms with Crippen LogP contribution in [0.15, 0.2) is 18.2 Å². The van der Waals surface area contributed by atoms with Crippen LogP contribution in [0.25, 0.3) is 0 Å². The van der Waals surface area contributed by atoms with Gasteiger partial charge in [-0.3, -0.25) is 0 Å². The summed E-state index contributed by atoms with van der Waals surface area (Å²) in [6.45, 7) is 4.39. The van der Waals surface area contributed by atoms with E-state index in [2.05, 4.69) is 39.3 Å². The molecule has 2 N–H and O–H groups in total. The van der Waals surface area contributed by atoms with E-state index in [0.29, 0.717) is 0 Å². The van der Waals surface area contributed by atoms with Crippen LogP contribution < -0.4 is 10.6 Å². The lowest BCUT2D eigenvalue weighted by atomic mass is 10.2. The van der Waals surface area contributed by atoms with Gasteiger partial charge in [0.25, 0.3) is 0 Å². The minimum absolute atomic E-state index is 0.757. The van der Waals surface area contributed by atoms with Gasteiger partial charge in [-0.1, -0.05) is 17.7 Å². The van der Waals surface area contributed by atoms with E-state index in [1.165, 1.54) is 5.56 Å². The number of methoxy groups -OCH3 is 1. The first-order valence-corrected chi connectivity index (χ1v) is 7.04. The molecule has 0 bridgehead atoms. The van der Waals surface area contributed by atoms with E-state index in [-0.39, 0.29) is 0 Å². The molecule has 0 atom stereocenters. The lowest BCUT2D eigenvalue weighted by Gasteiger charge is -2.07. The second kappa shape index (κ2) is 9.10. The van der Waals surface area contributed by atoms with E-state index in [1.807, 2.05) is 12.1 Å². The Hall–Kier alpha value is 0.120. The van der Waals surface area contributed by atoms with Crippen LogP contribution in [0.5, 0.6) is 0 Å². The fourth-order valence-corrected chi connectivity index (χ4v) is 1.90. The maximum Gasteiger partial charge on any atom is 0.0587 e. The number of halogens is 2. The molecule has 0 heterocycles. The zero-order valence-corrected chi connectivity index (χ0v) is 12.8. The summed E-state index contributed by atoms with van der Waals surface area (Å²) in [6, 6.07) is 6.14. The van der Waals surface area contributed by atoms with Crippen LogP contribution in [-0.2, 0) is 11.3 Å². The number of nitrogens with one attached hydrogen (secondary N) is 2. The first kappa shape index (κ1) is 15.2. The zero-order chi connectivity index (χ0) is 12.5. The highest BCUT2D eigenvalue weighted by Gasteiger charge is 1.98. The normalized spacial score (nSPS) is 10.8. The fourth-order valence-electron chi connectivity index (χ4n) is 1.36. The average Bonchev–Trinajstić information content (AvgIpc) is 2.32. The zero-order valence-electron chi connectivity index (χ0n) is 9.93. The quantitative estimate of drug-likeness (QED) is 0.545. The Bertz CT molecular complexity index is 336. The SMILES string of the molecule is COCCNCCNCc1ccc(I)c(Cl)c1.